The molecule has 0 bridgehead atoms. The van der Waals surface area contributed by atoms with E-state index in [0.717, 1.165) is 25.7 Å². The van der Waals surface area contributed by atoms with Crippen molar-refractivity contribution in [2.45, 2.75) is 97.4 Å². The molecular weight excluding hydrogens is 534 g/mol. The van der Waals surface area contributed by atoms with E-state index in [1.165, 1.54) is 6.20 Å². The number of aliphatic hydroxyl groups excluding tert-OH is 2. The Morgan fingerprint density at radius 1 is 1.10 bits per heavy atom. The van der Waals surface area contributed by atoms with Crippen LogP contribution in [0.15, 0.2) is 48.3 Å². The van der Waals surface area contributed by atoms with Gasteiger partial charge in [0.1, 0.15) is 6.10 Å². The van der Waals surface area contributed by atoms with Gasteiger partial charge in [-0.2, -0.15) is 5.26 Å². The minimum atomic E-state index is -0.882. The average Bonchev–Trinajstić information content (AvgIpc) is 3.42. The Morgan fingerprint density at radius 2 is 1.79 bits per heavy atom. The number of hydrogen-bond donors (Lipinski definition) is 3. The highest BCUT2D eigenvalue weighted by Gasteiger charge is 2.39. The van der Waals surface area contributed by atoms with Gasteiger partial charge in [-0.1, -0.05) is 52.3 Å². The molecule has 1 saturated carbocycles. The average molecular weight is 583 g/mol. The third kappa shape index (κ3) is 11.6. The van der Waals surface area contributed by atoms with Crippen molar-refractivity contribution >= 4 is 17.6 Å². The topological polar surface area (TPSA) is 165 Å². The molecule has 42 heavy (non-hydrogen) atoms. The molecule has 9 nitrogen and oxygen atoms in total. The summed E-state index contributed by atoms with van der Waals surface area (Å²) in [6, 6.07) is 5.53. The molecular formula is C33H48N3O6-. The first kappa shape index (κ1) is 35.0. The van der Waals surface area contributed by atoms with Crippen molar-refractivity contribution in [2.24, 2.45) is 35.5 Å². The Morgan fingerprint density at radius 3 is 2.36 bits per heavy atom. The first-order valence-corrected chi connectivity index (χ1v) is 15.1. The molecule has 0 aromatic carbocycles. The van der Waals surface area contributed by atoms with Gasteiger partial charge < -0.3 is 25.8 Å². The first-order chi connectivity index (χ1) is 19.9. The SMILES string of the molecule is C[C@@H]1C[C@H](C)C[C@H](C)[C@@H](O)CC(=O)O[C@H]([C@@H]2CCC[C@H]2C(=O)O)C/C=C/C=C(/C#N)[C@H](O)[C@@H](C)C1.[NH-]c1cccnc1. The van der Waals surface area contributed by atoms with Crippen LogP contribution in [0.2, 0.25) is 0 Å². The van der Waals surface area contributed by atoms with E-state index in [0.29, 0.717) is 36.8 Å². The zero-order valence-electron chi connectivity index (χ0n) is 25.4. The lowest BCUT2D eigenvalue weighted by Crippen LogP contribution is -2.34. The Balaban J connectivity index is 0.000000766. The number of carbonyl (C=O) groups excluding carboxylic acids is 1. The van der Waals surface area contributed by atoms with E-state index in [9.17, 15) is 30.2 Å². The number of cyclic esters (lactones) is 1. The van der Waals surface area contributed by atoms with Crippen molar-refractivity contribution < 1.29 is 29.6 Å². The maximum absolute atomic E-state index is 12.7. The predicted octanol–water partition coefficient (Wildman–Crippen LogP) is 6.40. The fourth-order valence-electron chi connectivity index (χ4n) is 6.33. The minimum Gasteiger partial charge on any atom is -0.697 e. The number of aliphatic carboxylic acids is 1. The van der Waals surface area contributed by atoms with Gasteiger partial charge in [0.05, 0.1) is 36.2 Å². The van der Waals surface area contributed by atoms with E-state index in [4.69, 9.17) is 10.5 Å². The van der Waals surface area contributed by atoms with Crippen LogP contribution in [0.5, 0.6) is 0 Å². The Kier molecular flexibility index (Phi) is 14.7. The molecule has 0 saturated heterocycles. The number of allylic oxidation sites excluding steroid dienone is 2. The second kappa shape index (κ2) is 17.7. The molecule has 1 aliphatic heterocycles. The lowest BCUT2D eigenvalue weighted by atomic mass is 9.82. The van der Waals surface area contributed by atoms with E-state index in [2.05, 4.69) is 24.9 Å². The second-order valence-corrected chi connectivity index (χ2v) is 12.3. The molecule has 1 aromatic heterocycles. The normalized spacial score (nSPS) is 35.5. The molecule has 1 fully saturated rings. The molecule has 9 atom stereocenters. The molecule has 1 aliphatic carbocycles. The third-order valence-electron chi connectivity index (χ3n) is 8.46. The number of nitriles is 1. The number of carboxylic acid groups (broad SMARTS) is 1. The van der Waals surface area contributed by atoms with Gasteiger partial charge in [0.15, 0.2) is 0 Å². The third-order valence-corrected chi connectivity index (χ3v) is 8.46. The second-order valence-electron chi connectivity index (χ2n) is 12.3. The molecule has 0 spiro atoms. The maximum Gasteiger partial charge on any atom is 0.308 e. The summed E-state index contributed by atoms with van der Waals surface area (Å²) in [6.07, 6.45) is 10.5. The fraction of sp³-hybridized carbons (Fsp3) is 0.636. The van der Waals surface area contributed by atoms with E-state index >= 15 is 0 Å². The van der Waals surface area contributed by atoms with Crippen LogP contribution < -0.4 is 0 Å². The number of aliphatic hydroxyl groups is 2. The monoisotopic (exact) mass is 582 g/mol. The van der Waals surface area contributed by atoms with Gasteiger partial charge in [-0.05, 0) is 67.9 Å². The van der Waals surface area contributed by atoms with Crippen molar-refractivity contribution in [3.63, 3.8) is 0 Å². The van der Waals surface area contributed by atoms with Crippen LogP contribution in [-0.2, 0) is 14.3 Å². The fourth-order valence-corrected chi connectivity index (χ4v) is 6.33. The van der Waals surface area contributed by atoms with Crippen molar-refractivity contribution in [3.05, 3.63) is 54.1 Å². The number of hydrogen-bond acceptors (Lipinski definition) is 7. The highest BCUT2D eigenvalue weighted by molar-refractivity contribution is 5.72. The summed E-state index contributed by atoms with van der Waals surface area (Å²) in [5, 5.41) is 40.6. The maximum atomic E-state index is 12.7. The van der Waals surface area contributed by atoms with Gasteiger partial charge in [-0.15, -0.1) is 5.69 Å². The molecule has 2 heterocycles. The van der Waals surface area contributed by atoms with Crippen LogP contribution in [0.1, 0.15) is 79.1 Å². The minimum absolute atomic E-state index is 0.0816. The Bertz CT molecular complexity index is 1090. The number of carboxylic acids is 1. The van der Waals surface area contributed by atoms with Crippen LogP contribution in [-0.4, -0.2) is 50.6 Å². The summed E-state index contributed by atoms with van der Waals surface area (Å²) >= 11 is 0. The molecule has 4 N–H and O–H groups in total. The summed E-state index contributed by atoms with van der Waals surface area (Å²) in [6.45, 7) is 8.16. The number of ether oxygens (including phenoxy) is 1. The van der Waals surface area contributed by atoms with Crippen LogP contribution >= 0.6 is 0 Å². The number of nitrogens with one attached hydrogen (secondary N) is 1. The molecule has 1 aromatic rings. The molecule has 0 amide bonds. The van der Waals surface area contributed by atoms with Crippen molar-refractivity contribution in [3.8, 4) is 6.07 Å². The first-order valence-electron chi connectivity index (χ1n) is 15.1. The van der Waals surface area contributed by atoms with Gasteiger partial charge in [-0.25, -0.2) is 0 Å². The number of esters is 1. The van der Waals surface area contributed by atoms with Gasteiger partial charge >= 0.3 is 11.9 Å². The standard InChI is InChI=1S/C28H43NO6.C5H5N2/c1-17-12-18(2)14-20(4)27(32)21(16-29)8-5-6-11-25(22-9-7-10-23(22)28(33)34)35-26(31)15-24(30)19(3)13-17;6-5-2-1-3-7-4-5/h5-6,8,17-20,22-25,27,30,32H,7,9-15H2,1-4H3,(H,33,34);1-4,6H/q;-1/b6-5+,21-8-;/t17-,18+,19-,20-,22+,23+,24-,25-,27+;/m0./s1. The molecule has 232 valence electrons. The zero-order valence-corrected chi connectivity index (χ0v) is 25.4. The molecule has 0 unspecified atom stereocenters. The lowest BCUT2D eigenvalue weighted by molar-refractivity contribution is -0.159. The summed E-state index contributed by atoms with van der Waals surface area (Å²) in [5.41, 5.74) is 7.68. The van der Waals surface area contributed by atoms with Crippen molar-refractivity contribution in [2.75, 3.05) is 0 Å². The molecule has 9 heteroatoms. The van der Waals surface area contributed by atoms with Crippen molar-refractivity contribution in [1.29, 1.82) is 5.26 Å². The van der Waals surface area contributed by atoms with Gasteiger partial charge in [0.2, 0.25) is 0 Å². The summed E-state index contributed by atoms with van der Waals surface area (Å²) in [4.78, 5) is 28.2. The highest BCUT2D eigenvalue weighted by Crippen LogP contribution is 2.37. The zero-order chi connectivity index (χ0) is 31.2. The van der Waals surface area contributed by atoms with Crippen LogP contribution in [0.4, 0.5) is 5.69 Å². The summed E-state index contributed by atoms with van der Waals surface area (Å²) in [5.74, 6) is -1.77. The number of nitrogens with zero attached hydrogens (tertiary/aromatic N) is 2. The number of pyridine rings is 1. The summed E-state index contributed by atoms with van der Waals surface area (Å²) in [7, 11) is 0. The Labute approximate surface area is 250 Å². The quantitative estimate of drug-likeness (QED) is 0.337. The van der Waals surface area contributed by atoms with Gasteiger partial charge in [-0.3, -0.25) is 14.6 Å². The number of aromatic nitrogens is 1. The number of carbonyl (C=O) groups is 2. The molecule has 3 rings (SSSR count). The van der Waals surface area contributed by atoms with E-state index in [-0.39, 0.29) is 29.7 Å². The Hall–Kier alpha value is -3.22. The highest BCUT2D eigenvalue weighted by atomic mass is 16.5. The molecule has 0 radical (unpaired) electrons. The lowest BCUT2D eigenvalue weighted by Gasteiger charge is -2.28. The van der Waals surface area contributed by atoms with Gasteiger partial charge in [0, 0.05) is 24.7 Å². The van der Waals surface area contributed by atoms with Crippen molar-refractivity contribution in [1.82, 2.24) is 4.98 Å². The molecule has 2 aliphatic rings. The van der Waals surface area contributed by atoms with Gasteiger partial charge in [0.25, 0.3) is 0 Å². The van der Waals surface area contributed by atoms with E-state index < -0.39 is 36.2 Å². The van der Waals surface area contributed by atoms with Crippen LogP contribution in [0.3, 0.4) is 0 Å². The smallest absolute Gasteiger partial charge is 0.308 e. The predicted molar refractivity (Wildman–Crippen MR) is 161 cm³/mol. The van der Waals surface area contributed by atoms with E-state index in [1.54, 1.807) is 36.6 Å². The van der Waals surface area contributed by atoms with Crippen LogP contribution in [0, 0.1) is 46.8 Å². The van der Waals surface area contributed by atoms with E-state index in [1.807, 2.05) is 13.8 Å². The van der Waals surface area contributed by atoms with Crippen LogP contribution in [0.25, 0.3) is 5.73 Å². The summed E-state index contributed by atoms with van der Waals surface area (Å²) < 4.78 is 5.77. The largest absolute Gasteiger partial charge is 0.697 e. The number of rotatable bonds is 2.